The van der Waals surface area contributed by atoms with Gasteiger partial charge in [-0.25, -0.2) is 0 Å². The monoisotopic (exact) mass is 204 g/mol. The van der Waals surface area contributed by atoms with E-state index in [-0.39, 0.29) is 5.92 Å². The molecule has 0 aliphatic carbocycles. The Balaban J connectivity index is 2.08. The third kappa shape index (κ3) is 2.26. The molecule has 0 amide bonds. The lowest BCUT2D eigenvalue weighted by molar-refractivity contribution is 0.503. The molecular weight excluding hydrogens is 188 g/mol. The van der Waals surface area contributed by atoms with E-state index in [0.717, 1.165) is 25.9 Å². The van der Waals surface area contributed by atoms with Crippen LogP contribution in [0.3, 0.4) is 0 Å². The average Bonchev–Trinajstić information content (AvgIpc) is 2.30. The second-order valence-electron chi connectivity index (χ2n) is 3.95. The molecule has 1 unspecified atom stereocenters. The minimum absolute atomic E-state index is 0.215. The summed E-state index contributed by atoms with van der Waals surface area (Å²) >= 11 is 0. The van der Waals surface area contributed by atoms with Gasteiger partial charge in [0.2, 0.25) is 0 Å². The summed E-state index contributed by atoms with van der Waals surface area (Å²) in [7, 11) is 0. The van der Waals surface area contributed by atoms with E-state index in [1.54, 1.807) is 12.4 Å². The van der Waals surface area contributed by atoms with Gasteiger partial charge in [0.1, 0.15) is 0 Å². The summed E-state index contributed by atoms with van der Waals surface area (Å²) in [5, 5.41) is 7.48. The molecule has 1 atom stereocenters. The second kappa shape index (κ2) is 4.29. The summed E-state index contributed by atoms with van der Waals surface area (Å²) < 4.78 is 0. The molecule has 0 aromatic carbocycles. The second-order valence-corrected chi connectivity index (χ2v) is 3.95. The highest BCUT2D eigenvalue weighted by Gasteiger charge is 2.21. The number of aromatic nitrogens is 1. The van der Waals surface area contributed by atoms with Gasteiger partial charge in [-0.15, -0.1) is 0 Å². The van der Waals surface area contributed by atoms with Crippen LogP contribution < -0.4 is 10.6 Å². The first kappa shape index (κ1) is 9.96. The highest BCUT2D eigenvalue weighted by Crippen LogP contribution is 2.22. The van der Waals surface area contributed by atoms with Gasteiger partial charge in [0.25, 0.3) is 0 Å². The molecule has 2 heterocycles. The lowest BCUT2D eigenvalue weighted by atomic mass is 9.97. The van der Waals surface area contributed by atoms with Gasteiger partial charge in [0.05, 0.1) is 5.84 Å². The zero-order valence-corrected chi connectivity index (χ0v) is 8.69. The van der Waals surface area contributed by atoms with Crippen LogP contribution in [0.2, 0.25) is 0 Å². The minimum Gasteiger partial charge on any atom is -0.387 e. The number of nitrogens with one attached hydrogen (secondary N) is 1. The molecule has 4 heteroatoms. The van der Waals surface area contributed by atoms with Crippen LogP contribution in [0, 0.1) is 11.3 Å². The van der Waals surface area contributed by atoms with Crippen molar-refractivity contribution >= 4 is 11.5 Å². The molecule has 2 rings (SSSR count). The SMILES string of the molecule is N=C(N)C1CCCN(c2ccncc2)C1. The van der Waals surface area contributed by atoms with Crippen LogP contribution in [-0.4, -0.2) is 23.9 Å². The Morgan fingerprint density at radius 1 is 1.47 bits per heavy atom. The molecule has 0 radical (unpaired) electrons. The molecule has 80 valence electrons. The molecule has 1 aromatic rings. The van der Waals surface area contributed by atoms with E-state index < -0.39 is 0 Å². The maximum atomic E-state index is 7.48. The van der Waals surface area contributed by atoms with Gasteiger partial charge in [-0.05, 0) is 25.0 Å². The zero-order chi connectivity index (χ0) is 10.7. The van der Waals surface area contributed by atoms with E-state index >= 15 is 0 Å². The van der Waals surface area contributed by atoms with Gasteiger partial charge in [-0.1, -0.05) is 0 Å². The van der Waals surface area contributed by atoms with Crippen LogP contribution in [0.15, 0.2) is 24.5 Å². The Morgan fingerprint density at radius 2 is 2.20 bits per heavy atom. The molecule has 1 aliphatic rings. The third-order valence-corrected chi connectivity index (χ3v) is 2.89. The Kier molecular flexibility index (Phi) is 2.85. The molecule has 1 saturated heterocycles. The van der Waals surface area contributed by atoms with E-state index in [9.17, 15) is 0 Å². The van der Waals surface area contributed by atoms with Crippen LogP contribution >= 0.6 is 0 Å². The van der Waals surface area contributed by atoms with Gasteiger partial charge < -0.3 is 10.6 Å². The molecule has 15 heavy (non-hydrogen) atoms. The molecule has 3 N–H and O–H groups in total. The lowest BCUT2D eigenvalue weighted by Crippen LogP contribution is -2.40. The summed E-state index contributed by atoms with van der Waals surface area (Å²) in [6.07, 6.45) is 5.74. The summed E-state index contributed by atoms with van der Waals surface area (Å²) in [5.41, 5.74) is 6.73. The first-order valence-electron chi connectivity index (χ1n) is 5.26. The molecule has 0 bridgehead atoms. The molecular formula is C11H16N4. The normalized spacial score (nSPS) is 21.3. The van der Waals surface area contributed by atoms with Gasteiger partial charge in [0, 0.05) is 37.1 Å². The third-order valence-electron chi connectivity index (χ3n) is 2.89. The predicted octanol–water partition coefficient (Wildman–Crippen LogP) is 1.23. The fourth-order valence-corrected chi connectivity index (χ4v) is 2.02. The fraction of sp³-hybridized carbons (Fsp3) is 0.455. The smallest absolute Gasteiger partial charge is 0.0954 e. The van der Waals surface area contributed by atoms with Crippen molar-refractivity contribution in [3.8, 4) is 0 Å². The van der Waals surface area contributed by atoms with Crippen LogP contribution in [0.4, 0.5) is 5.69 Å². The lowest BCUT2D eigenvalue weighted by Gasteiger charge is -2.33. The Morgan fingerprint density at radius 3 is 2.87 bits per heavy atom. The quantitative estimate of drug-likeness (QED) is 0.562. The summed E-state index contributed by atoms with van der Waals surface area (Å²) in [4.78, 5) is 6.28. The van der Waals surface area contributed by atoms with Crippen molar-refractivity contribution in [2.24, 2.45) is 11.7 Å². The first-order chi connectivity index (χ1) is 7.27. The maximum absolute atomic E-state index is 7.48. The van der Waals surface area contributed by atoms with Crippen molar-refractivity contribution in [3.05, 3.63) is 24.5 Å². The predicted molar refractivity (Wildman–Crippen MR) is 61.1 cm³/mol. The molecule has 1 fully saturated rings. The van der Waals surface area contributed by atoms with Gasteiger partial charge in [0.15, 0.2) is 0 Å². The standard InChI is InChI=1S/C11H16N4/c12-11(13)9-2-1-7-15(8-9)10-3-5-14-6-4-10/h3-6,9H,1-2,7-8H2,(H3,12,13). The highest BCUT2D eigenvalue weighted by atomic mass is 15.1. The highest BCUT2D eigenvalue weighted by molar-refractivity contribution is 5.80. The van der Waals surface area contributed by atoms with Crippen molar-refractivity contribution in [2.45, 2.75) is 12.8 Å². The van der Waals surface area contributed by atoms with Crippen molar-refractivity contribution in [1.82, 2.24) is 4.98 Å². The molecule has 0 spiro atoms. The number of nitrogens with two attached hydrogens (primary N) is 1. The number of amidine groups is 1. The van der Waals surface area contributed by atoms with Crippen LogP contribution in [-0.2, 0) is 0 Å². The molecule has 4 nitrogen and oxygen atoms in total. The number of hydrogen-bond acceptors (Lipinski definition) is 3. The number of pyridine rings is 1. The van der Waals surface area contributed by atoms with E-state index in [4.69, 9.17) is 11.1 Å². The summed E-state index contributed by atoms with van der Waals surface area (Å²) in [6.45, 7) is 1.91. The summed E-state index contributed by atoms with van der Waals surface area (Å²) in [5.74, 6) is 0.528. The van der Waals surface area contributed by atoms with E-state index in [1.807, 2.05) is 12.1 Å². The number of nitrogens with zero attached hydrogens (tertiary/aromatic N) is 2. The number of hydrogen-bond donors (Lipinski definition) is 2. The van der Waals surface area contributed by atoms with Gasteiger partial charge >= 0.3 is 0 Å². The van der Waals surface area contributed by atoms with Crippen LogP contribution in [0.1, 0.15) is 12.8 Å². The van der Waals surface area contributed by atoms with Crippen molar-refractivity contribution < 1.29 is 0 Å². The summed E-state index contributed by atoms with van der Waals surface area (Å²) in [6, 6.07) is 4.00. The van der Waals surface area contributed by atoms with Crippen molar-refractivity contribution in [2.75, 3.05) is 18.0 Å². The van der Waals surface area contributed by atoms with E-state index in [1.165, 1.54) is 5.69 Å². The Bertz CT molecular complexity index is 336. The zero-order valence-electron chi connectivity index (χ0n) is 8.69. The fourth-order valence-electron chi connectivity index (χ4n) is 2.02. The van der Waals surface area contributed by atoms with Crippen LogP contribution in [0.25, 0.3) is 0 Å². The molecule has 1 aliphatic heterocycles. The van der Waals surface area contributed by atoms with E-state index in [2.05, 4.69) is 9.88 Å². The van der Waals surface area contributed by atoms with Crippen LogP contribution in [0.5, 0.6) is 0 Å². The molecule has 1 aromatic heterocycles. The van der Waals surface area contributed by atoms with Crippen molar-refractivity contribution in [1.29, 1.82) is 5.41 Å². The molecule has 0 saturated carbocycles. The van der Waals surface area contributed by atoms with E-state index in [0.29, 0.717) is 5.84 Å². The number of rotatable bonds is 2. The number of anilines is 1. The largest absolute Gasteiger partial charge is 0.387 e. The average molecular weight is 204 g/mol. The minimum atomic E-state index is 0.215. The topological polar surface area (TPSA) is 66.0 Å². The first-order valence-corrected chi connectivity index (χ1v) is 5.26. The number of piperidine rings is 1. The van der Waals surface area contributed by atoms with Crippen molar-refractivity contribution in [3.63, 3.8) is 0 Å². The Hall–Kier alpha value is -1.58. The Labute approximate surface area is 89.6 Å². The van der Waals surface area contributed by atoms with Gasteiger partial charge in [-0.3, -0.25) is 10.4 Å². The van der Waals surface area contributed by atoms with Gasteiger partial charge in [-0.2, -0.15) is 0 Å². The maximum Gasteiger partial charge on any atom is 0.0954 e.